The van der Waals surface area contributed by atoms with Crippen LogP contribution in [0.15, 0.2) is 22.7 Å². The van der Waals surface area contributed by atoms with E-state index in [-0.39, 0.29) is 17.3 Å². The third kappa shape index (κ3) is 3.61. The maximum Gasteiger partial charge on any atom is 0.167 e. The largest absolute Gasteiger partial charge is 0.492 e. The minimum Gasteiger partial charge on any atom is -0.492 e. The Morgan fingerprint density at radius 1 is 1.45 bits per heavy atom. The van der Waals surface area contributed by atoms with E-state index in [1.165, 1.54) is 0 Å². The lowest BCUT2D eigenvalue weighted by atomic mass is 9.97. The van der Waals surface area contributed by atoms with E-state index >= 15 is 0 Å². The molecule has 1 atom stereocenters. The lowest BCUT2D eigenvalue weighted by Gasteiger charge is -2.10. The van der Waals surface area contributed by atoms with Crippen LogP contribution >= 0.6 is 15.9 Å². The Morgan fingerprint density at radius 3 is 2.75 bits per heavy atom. The Kier molecular flexibility index (Phi) is 4.86. The number of Topliss-reactive ketones (excluding diaryl/α,β-unsaturated/α-hetero) is 1. The number of ether oxygens (including phenoxy) is 1. The van der Waals surface area contributed by atoms with E-state index in [9.17, 15) is 13.2 Å². The minimum absolute atomic E-state index is 0.0302. The van der Waals surface area contributed by atoms with Crippen molar-refractivity contribution in [3.05, 3.63) is 28.2 Å². The molecule has 1 saturated heterocycles. The molecule has 6 heteroatoms. The first-order valence-corrected chi connectivity index (χ1v) is 9.21. The average molecular weight is 361 g/mol. The summed E-state index contributed by atoms with van der Waals surface area (Å²) >= 11 is 3.38. The van der Waals surface area contributed by atoms with E-state index < -0.39 is 15.8 Å². The molecule has 20 heavy (non-hydrogen) atoms. The summed E-state index contributed by atoms with van der Waals surface area (Å²) in [7, 11) is -3.04. The van der Waals surface area contributed by atoms with Crippen LogP contribution in [0.5, 0.6) is 5.75 Å². The molecule has 1 aromatic carbocycles. The van der Waals surface area contributed by atoms with Crippen molar-refractivity contribution >= 4 is 31.6 Å². The van der Waals surface area contributed by atoms with Crippen molar-refractivity contribution < 1.29 is 17.9 Å². The molecule has 1 heterocycles. The summed E-state index contributed by atoms with van der Waals surface area (Å²) in [5.41, 5.74) is 0.530. The van der Waals surface area contributed by atoms with Crippen molar-refractivity contribution in [2.24, 2.45) is 5.92 Å². The molecule has 1 aromatic rings. The number of halogens is 1. The first kappa shape index (κ1) is 15.5. The summed E-state index contributed by atoms with van der Waals surface area (Å²) in [4.78, 5) is 12.3. The van der Waals surface area contributed by atoms with Gasteiger partial charge in [0, 0.05) is 11.5 Å². The van der Waals surface area contributed by atoms with E-state index in [0.717, 1.165) is 10.9 Å². The van der Waals surface area contributed by atoms with Crippen LogP contribution < -0.4 is 4.74 Å². The number of hydrogen-bond acceptors (Lipinski definition) is 4. The number of rotatable bonds is 5. The summed E-state index contributed by atoms with van der Waals surface area (Å²) in [5.74, 6) is 0.269. The van der Waals surface area contributed by atoms with Crippen LogP contribution in [-0.2, 0) is 9.84 Å². The molecule has 0 aliphatic carbocycles. The lowest BCUT2D eigenvalue weighted by Crippen LogP contribution is -2.16. The summed E-state index contributed by atoms with van der Waals surface area (Å²) < 4.78 is 29.1. The van der Waals surface area contributed by atoms with Crippen LogP contribution in [0.4, 0.5) is 0 Å². The lowest BCUT2D eigenvalue weighted by molar-refractivity contribution is 0.0933. The Balaban J connectivity index is 2.13. The molecule has 1 aliphatic heterocycles. The third-order valence-electron chi connectivity index (χ3n) is 3.28. The standard InChI is InChI=1S/C14H17BrO4S/c1-2-6-19-13-4-3-10(8-12(13)15)14(16)11-5-7-20(17,18)9-11/h3-4,8,11H,2,5-7,9H2,1H3. The van der Waals surface area contributed by atoms with Gasteiger partial charge in [-0.15, -0.1) is 0 Å². The fourth-order valence-corrected chi connectivity index (χ4v) is 4.46. The quantitative estimate of drug-likeness (QED) is 0.757. The molecule has 0 saturated carbocycles. The number of hydrogen-bond donors (Lipinski definition) is 0. The van der Waals surface area contributed by atoms with Gasteiger partial charge in [-0.05, 0) is 47.0 Å². The topological polar surface area (TPSA) is 60.4 Å². The van der Waals surface area contributed by atoms with Gasteiger partial charge in [-0.1, -0.05) is 6.92 Å². The SMILES string of the molecule is CCCOc1ccc(C(=O)C2CCS(=O)(=O)C2)cc1Br. The van der Waals surface area contributed by atoms with Crippen LogP contribution in [0.1, 0.15) is 30.1 Å². The fourth-order valence-electron chi connectivity index (χ4n) is 2.22. The normalized spacial score (nSPS) is 20.8. The molecule has 4 nitrogen and oxygen atoms in total. The number of carbonyl (C=O) groups excluding carboxylic acids is 1. The average Bonchev–Trinajstić information content (AvgIpc) is 2.77. The predicted molar refractivity (Wildman–Crippen MR) is 81.0 cm³/mol. The van der Waals surface area contributed by atoms with Gasteiger partial charge in [-0.3, -0.25) is 4.79 Å². The number of carbonyl (C=O) groups is 1. The molecule has 0 aromatic heterocycles. The highest BCUT2D eigenvalue weighted by atomic mass is 79.9. The zero-order chi connectivity index (χ0) is 14.8. The second kappa shape index (κ2) is 6.26. The predicted octanol–water partition coefficient (Wildman–Crippen LogP) is 2.86. The fraction of sp³-hybridized carbons (Fsp3) is 0.500. The molecule has 0 amide bonds. The van der Waals surface area contributed by atoms with Gasteiger partial charge in [-0.2, -0.15) is 0 Å². The van der Waals surface area contributed by atoms with Crippen molar-refractivity contribution in [1.29, 1.82) is 0 Å². The molecule has 1 fully saturated rings. The van der Waals surface area contributed by atoms with Gasteiger partial charge in [-0.25, -0.2) is 8.42 Å². The molecule has 0 spiro atoms. The van der Waals surface area contributed by atoms with Crippen molar-refractivity contribution in [1.82, 2.24) is 0 Å². The maximum absolute atomic E-state index is 12.3. The minimum atomic E-state index is -3.04. The van der Waals surface area contributed by atoms with Crippen molar-refractivity contribution in [2.45, 2.75) is 19.8 Å². The molecule has 0 N–H and O–H groups in total. The first-order valence-electron chi connectivity index (χ1n) is 6.60. The Bertz CT molecular complexity index is 610. The smallest absolute Gasteiger partial charge is 0.167 e. The molecule has 1 unspecified atom stereocenters. The van der Waals surface area contributed by atoms with Crippen molar-refractivity contribution in [2.75, 3.05) is 18.1 Å². The number of benzene rings is 1. The molecular weight excluding hydrogens is 344 g/mol. The van der Waals surface area contributed by atoms with Gasteiger partial charge in [0.2, 0.25) is 0 Å². The van der Waals surface area contributed by atoms with Gasteiger partial charge < -0.3 is 4.74 Å². The molecule has 2 rings (SSSR count). The Morgan fingerprint density at radius 2 is 2.20 bits per heavy atom. The van der Waals surface area contributed by atoms with E-state index in [1.54, 1.807) is 18.2 Å². The molecule has 0 bridgehead atoms. The van der Waals surface area contributed by atoms with Crippen molar-refractivity contribution in [3.8, 4) is 5.75 Å². The molecular formula is C14H17BrO4S. The van der Waals surface area contributed by atoms with Crippen LogP contribution in [0.2, 0.25) is 0 Å². The van der Waals surface area contributed by atoms with Crippen LogP contribution in [0.3, 0.4) is 0 Å². The van der Waals surface area contributed by atoms with Gasteiger partial charge in [0.05, 0.1) is 22.6 Å². The summed E-state index contributed by atoms with van der Waals surface area (Å²) in [5, 5.41) is 0. The van der Waals surface area contributed by atoms with Crippen molar-refractivity contribution in [3.63, 3.8) is 0 Å². The van der Waals surface area contributed by atoms with Crippen LogP contribution in [0.25, 0.3) is 0 Å². The highest BCUT2D eigenvalue weighted by Gasteiger charge is 2.33. The van der Waals surface area contributed by atoms with E-state index in [2.05, 4.69) is 15.9 Å². The van der Waals surface area contributed by atoms with Gasteiger partial charge in [0.25, 0.3) is 0 Å². The monoisotopic (exact) mass is 360 g/mol. The molecule has 0 radical (unpaired) electrons. The Hall–Kier alpha value is -0.880. The van der Waals surface area contributed by atoms with Crippen LogP contribution in [0, 0.1) is 5.92 Å². The first-order chi connectivity index (χ1) is 9.43. The molecule has 1 aliphatic rings. The van der Waals surface area contributed by atoms with Gasteiger partial charge >= 0.3 is 0 Å². The highest BCUT2D eigenvalue weighted by molar-refractivity contribution is 9.10. The van der Waals surface area contributed by atoms with Gasteiger partial charge in [0.15, 0.2) is 15.6 Å². The van der Waals surface area contributed by atoms with E-state index in [4.69, 9.17) is 4.74 Å². The second-order valence-electron chi connectivity index (χ2n) is 4.96. The van der Waals surface area contributed by atoms with E-state index in [0.29, 0.717) is 24.3 Å². The summed E-state index contributed by atoms with van der Waals surface area (Å²) in [6.45, 7) is 2.64. The summed E-state index contributed by atoms with van der Waals surface area (Å²) in [6, 6.07) is 5.15. The Labute approximate surface area is 127 Å². The third-order valence-corrected chi connectivity index (χ3v) is 5.67. The molecule has 110 valence electrons. The second-order valence-corrected chi connectivity index (χ2v) is 8.04. The highest BCUT2D eigenvalue weighted by Crippen LogP contribution is 2.29. The van der Waals surface area contributed by atoms with Crippen LogP contribution in [-0.4, -0.2) is 32.3 Å². The zero-order valence-electron chi connectivity index (χ0n) is 11.3. The number of ketones is 1. The van der Waals surface area contributed by atoms with E-state index in [1.807, 2.05) is 6.92 Å². The number of sulfone groups is 1. The van der Waals surface area contributed by atoms with Gasteiger partial charge in [0.1, 0.15) is 5.75 Å². The summed E-state index contributed by atoms with van der Waals surface area (Å²) in [6.07, 6.45) is 1.33. The zero-order valence-corrected chi connectivity index (χ0v) is 13.7. The maximum atomic E-state index is 12.3.